The number of amides is 1. The summed E-state index contributed by atoms with van der Waals surface area (Å²) in [7, 11) is -2.11. The fourth-order valence-corrected chi connectivity index (χ4v) is 2.94. The first kappa shape index (κ1) is 14.5. The number of thiazole rings is 1. The lowest BCUT2D eigenvalue weighted by molar-refractivity contribution is 0.102. The lowest BCUT2D eigenvalue weighted by Crippen LogP contribution is -2.13. The Kier molecular flexibility index (Phi) is 4.05. The van der Waals surface area contributed by atoms with E-state index in [1.165, 1.54) is 36.6 Å². The molecule has 0 unspecified atom stereocenters. The number of anilines is 1. The van der Waals surface area contributed by atoms with Crippen molar-refractivity contribution < 1.29 is 17.9 Å². The molecule has 0 aliphatic rings. The third kappa shape index (κ3) is 3.14. The van der Waals surface area contributed by atoms with Crippen molar-refractivity contribution in [3.63, 3.8) is 0 Å². The van der Waals surface area contributed by atoms with Crippen LogP contribution in [0.2, 0.25) is 0 Å². The van der Waals surface area contributed by atoms with Crippen molar-refractivity contribution in [1.82, 2.24) is 4.98 Å². The van der Waals surface area contributed by atoms with E-state index in [-0.39, 0.29) is 16.2 Å². The summed E-state index contributed by atoms with van der Waals surface area (Å²) in [5.74, 6) is -0.217. The summed E-state index contributed by atoms with van der Waals surface area (Å²) in [6, 6.07) is 4.24. The lowest BCUT2D eigenvalue weighted by atomic mass is 10.2. The Morgan fingerprint density at radius 2 is 2.15 bits per heavy atom. The number of sulfone groups is 1. The molecule has 6 nitrogen and oxygen atoms in total. The molecule has 8 heteroatoms. The highest BCUT2D eigenvalue weighted by molar-refractivity contribution is 7.90. The number of carbonyl (C=O) groups excluding carboxylic acids is 1. The molecule has 0 atom stereocenters. The normalized spacial score (nSPS) is 11.1. The zero-order valence-corrected chi connectivity index (χ0v) is 12.4. The van der Waals surface area contributed by atoms with Gasteiger partial charge in [0.15, 0.2) is 15.0 Å². The van der Waals surface area contributed by atoms with E-state index in [0.29, 0.717) is 5.13 Å². The van der Waals surface area contributed by atoms with Crippen LogP contribution in [0.5, 0.6) is 5.75 Å². The molecule has 1 amide bonds. The highest BCUT2D eigenvalue weighted by atomic mass is 32.2. The Morgan fingerprint density at radius 1 is 1.40 bits per heavy atom. The van der Waals surface area contributed by atoms with Crippen LogP contribution in [0.25, 0.3) is 0 Å². The van der Waals surface area contributed by atoms with Crippen molar-refractivity contribution in [1.29, 1.82) is 0 Å². The average molecular weight is 312 g/mol. The monoisotopic (exact) mass is 312 g/mol. The van der Waals surface area contributed by atoms with E-state index in [1.807, 2.05) is 0 Å². The second-order valence-corrected chi connectivity index (χ2v) is 6.81. The molecule has 1 N–H and O–H groups in total. The third-order valence-electron chi connectivity index (χ3n) is 2.48. The van der Waals surface area contributed by atoms with Gasteiger partial charge in [-0.25, -0.2) is 13.4 Å². The third-order valence-corrected chi connectivity index (χ3v) is 4.28. The van der Waals surface area contributed by atoms with Crippen LogP contribution in [-0.2, 0) is 9.84 Å². The smallest absolute Gasteiger partial charge is 0.257 e. The Labute approximate surface area is 120 Å². The van der Waals surface area contributed by atoms with E-state index < -0.39 is 15.7 Å². The van der Waals surface area contributed by atoms with Crippen molar-refractivity contribution in [3.05, 3.63) is 35.3 Å². The first-order valence-electron chi connectivity index (χ1n) is 5.51. The van der Waals surface area contributed by atoms with Crippen LogP contribution in [0, 0.1) is 0 Å². The maximum atomic E-state index is 12.0. The number of methoxy groups -OCH3 is 1. The summed E-state index contributed by atoms with van der Waals surface area (Å²) in [5, 5.41) is 4.77. The molecule has 0 aliphatic heterocycles. The summed E-state index contributed by atoms with van der Waals surface area (Å²) >= 11 is 1.28. The number of carbonyl (C=O) groups is 1. The van der Waals surface area contributed by atoms with Crippen LogP contribution >= 0.6 is 11.3 Å². The van der Waals surface area contributed by atoms with Gasteiger partial charge >= 0.3 is 0 Å². The predicted molar refractivity (Wildman–Crippen MR) is 76.2 cm³/mol. The van der Waals surface area contributed by atoms with Crippen LogP contribution in [0.3, 0.4) is 0 Å². The Bertz CT molecular complexity index is 724. The molecule has 0 aliphatic carbocycles. The Morgan fingerprint density at radius 3 is 2.70 bits per heavy atom. The lowest BCUT2D eigenvalue weighted by Gasteiger charge is -2.09. The first-order chi connectivity index (χ1) is 9.41. The standard InChI is InChI=1S/C12H12N2O4S2/c1-18-9-4-3-8(7-10(9)20(2,16)17)11(15)14-12-13-5-6-19-12/h3-7H,1-2H3,(H,13,14,15). The minimum Gasteiger partial charge on any atom is -0.495 e. The molecule has 2 aromatic rings. The van der Waals surface area contributed by atoms with E-state index in [0.717, 1.165) is 6.26 Å². The number of nitrogens with one attached hydrogen (secondary N) is 1. The molecule has 2 rings (SSSR count). The van der Waals surface area contributed by atoms with Gasteiger partial charge in [0.25, 0.3) is 5.91 Å². The summed E-state index contributed by atoms with van der Waals surface area (Å²) in [4.78, 5) is 15.9. The van der Waals surface area contributed by atoms with Gasteiger partial charge in [-0.15, -0.1) is 11.3 Å². The number of hydrogen-bond acceptors (Lipinski definition) is 6. The van der Waals surface area contributed by atoms with E-state index in [4.69, 9.17) is 4.74 Å². The van der Waals surface area contributed by atoms with Gasteiger partial charge in [0.05, 0.1) is 7.11 Å². The SMILES string of the molecule is COc1ccc(C(=O)Nc2nccs2)cc1S(C)(=O)=O. The van der Waals surface area contributed by atoms with Gasteiger partial charge < -0.3 is 4.74 Å². The van der Waals surface area contributed by atoms with Crippen molar-refractivity contribution in [3.8, 4) is 5.75 Å². The quantitative estimate of drug-likeness (QED) is 0.930. The predicted octanol–water partition coefficient (Wildman–Crippen LogP) is 1.81. The molecular weight excluding hydrogens is 300 g/mol. The summed E-state index contributed by atoms with van der Waals surface area (Å²) in [6.07, 6.45) is 2.63. The van der Waals surface area contributed by atoms with E-state index in [2.05, 4.69) is 10.3 Å². The number of ether oxygens (including phenoxy) is 1. The van der Waals surface area contributed by atoms with Crippen molar-refractivity contribution in [2.45, 2.75) is 4.90 Å². The molecule has 106 valence electrons. The maximum absolute atomic E-state index is 12.0. The van der Waals surface area contributed by atoms with Gasteiger partial charge in [-0.05, 0) is 18.2 Å². The molecule has 0 saturated heterocycles. The van der Waals surface area contributed by atoms with Crippen molar-refractivity contribution in [2.75, 3.05) is 18.7 Å². The van der Waals surface area contributed by atoms with Gasteiger partial charge in [-0.3, -0.25) is 10.1 Å². The maximum Gasteiger partial charge on any atom is 0.257 e. The molecule has 20 heavy (non-hydrogen) atoms. The van der Waals surface area contributed by atoms with Gasteiger partial charge in [0.1, 0.15) is 10.6 Å². The molecule has 1 aromatic heterocycles. The molecule has 1 aromatic carbocycles. The fourth-order valence-electron chi connectivity index (χ4n) is 1.56. The van der Waals surface area contributed by atoms with Crippen LogP contribution in [0.4, 0.5) is 5.13 Å². The summed E-state index contributed by atoms with van der Waals surface area (Å²) < 4.78 is 28.4. The number of benzene rings is 1. The van der Waals surface area contributed by atoms with Gasteiger partial charge in [0.2, 0.25) is 0 Å². The zero-order valence-electron chi connectivity index (χ0n) is 10.8. The molecule has 0 bridgehead atoms. The minimum absolute atomic E-state index is 0.0215. The van der Waals surface area contributed by atoms with Gasteiger partial charge in [-0.1, -0.05) is 0 Å². The Balaban J connectivity index is 2.36. The molecule has 0 radical (unpaired) electrons. The minimum atomic E-state index is -3.48. The molecule has 1 heterocycles. The van der Waals surface area contributed by atoms with Crippen LogP contribution in [0.1, 0.15) is 10.4 Å². The number of hydrogen-bond donors (Lipinski definition) is 1. The zero-order chi connectivity index (χ0) is 14.8. The van der Waals surface area contributed by atoms with Gasteiger partial charge in [-0.2, -0.15) is 0 Å². The number of nitrogens with zero attached hydrogens (tertiary/aromatic N) is 1. The summed E-state index contributed by atoms with van der Waals surface area (Å²) in [6.45, 7) is 0. The molecular formula is C12H12N2O4S2. The number of aromatic nitrogens is 1. The average Bonchev–Trinajstić information content (AvgIpc) is 2.89. The van der Waals surface area contributed by atoms with Crippen molar-refractivity contribution in [2.24, 2.45) is 0 Å². The van der Waals surface area contributed by atoms with E-state index in [1.54, 1.807) is 11.6 Å². The Hall–Kier alpha value is -1.93. The van der Waals surface area contributed by atoms with Gasteiger partial charge in [0, 0.05) is 23.4 Å². The second kappa shape index (κ2) is 5.59. The second-order valence-electron chi connectivity index (χ2n) is 3.93. The highest BCUT2D eigenvalue weighted by Crippen LogP contribution is 2.25. The molecule has 0 saturated carbocycles. The van der Waals surface area contributed by atoms with Crippen molar-refractivity contribution >= 4 is 32.2 Å². The molecule has 0 spiro atoms. The highest BCUT2D eigenvalue weighted by Gasteiger charge is 2.17. The number of rotatable bonds is 4. The van der Waals surface area contributed by atoms with Crippen LogP contribution in [-0.4, -0.2) is 32.7 Å². The largest absolute Gasteiger partial charge is 0.495 e. The van der Waals surface area contributed by atoms with E-state index in [9.17, 15) is 13.2 Å². The fraction of sp³-hybridized carbons (Fsp3) is 0.167. The molecule has 0 fully saturated rings. The van der Waals surface area contributed by atoms with Crippen LogP contribution in [0.15, 0.2) is 34.7 Å². The topological polar surface area (TPSA) is 85.4 Å². The van der Waals surface area contributed by atoms with E-state index >= 15 is 0 Å². The van der Waals surface area contributed by atoms with Crippen LogP contribution < -0.4 is 10.1 Å². The first-order valence-corrected chi connectivity index (χ1v) is 8.28. The summed E-state index contributed by atoms with van der Waals surface area (Å²) in [5.41, 5.74) is 0.224.